The largest absolute Gasteiger partial charge is 0.453 e. The van der Waals surface area contributed by atoms with Crippen molar-refractivity contribution >= 4 is 23.2 Å². The number of hydrogen-bond acceptors (Lipinski definition) is 7. The van der Waals surface area contributed by atoms with Crippen molar-refractivity contribution in [1.82, 2.24) is 0 Å². The number of fused-ring (bicyclic) bond motifs is 5. The molecule has 1 aliphatic heterocycles. The Bertz CT molecular complexity index is 1060. The molecular weight excluding hydrogens is 422 g/mol. The average molecular weight is 454 g/mol. The smallest absolute Gasteiger partial charge is 0.357 e. The zero-order chi connectivity index (χ0) is 23.8. The SMILES string of the molecule is CC1C[C@@H]2[C@H](C(O)C[C@@]3(C)[C@H]2CC[C@]3(O)C(=O)COC(=O)C2=NC=C2)[C@@]2(C)C=CC(=O)C=C12. The number of ketones is 2. The number of ether oxygens (including phenoxy) is 1. The minimum absolute atomic E-state index is 0.0124. The molecule has 0 spiro atoms. The first kappa shape index (κ1) is 22.4. The van der Waals surface area contributed by atoms with Crippen molar-refractivity contribution in [3.63, 3.8) is 0 Å². The second kappa shape index (κ2) is 7.31. The number of esters is 1. The van der Waals surface area contributed by atoms with Gasteiger partial charge in [0.25, 0.3) is 0 Å². The molecule has 1 heterocycles. The highest BCUT2D eigenvalue weighted by Crippen LogP contribution is 2.67. The molecular formula is C26H31NO6. The summed E-state index contributed by atoms with van der Waals surface area (Å²) >= 11 is 0. The van der Waals surface area contributed by atoms with Crippen molar-refractivity contribution in [2.24, 2.45) is 39.5 Å². The van der Waals surface area contributed by atoms with Crippen molar-refractivity contribution in [3.8, 4) is 0 Å². The fourth-order valence-electron chi connectivity index (χ4n) is 7.81. The first-order chi connectivity index (χ1) is 15.5. The van der Waals surface area contributed by atoms with Crippen LogP contribution in [0, 0.1) is 34.5 Å². The van der Waals surface area contributed by atoms with Gasteiger partial charge in [-0.2, -0.15) is 0 Å². The Kier molecular flexibility index (Phi) is 4.96. The van der Waals surface area contributed by atoms with Crippen LogP contribution in [0.4, 0.5) is 0 Å². The maximum absolute atomic E-state index is 13.2. The second-order valence-electron chi connectivity index (χ2n) is 11.0. The third kappa shape index (κ3) is 3.01. The number of allylic oxidation sites excluding steroid dienone is 4. The van der Waals surface area contributed by atoms with Gasteiger partial charge in [-0.25, -0.2) is 9.79 Å². The topological polar surface area (TPSA) is 113 Å². The van der Waals surface area contributed by atoms with Crippen LogP contribution in [0.3, 0.4) is 0 Å². The van der Waals surface area contributed by atoms with E-state index in [1.165, 1.54) is 12.3 Å². The molecule has 0 amide bonds. The van der Waals surface area contributed by atoms with Crippen LogP contribution in [0.1, 0.15) is 46.5 Å². The zero-order valence-electron chi connectivity index (χ0n) is 19.3. The number of carbonyl (C=O) groups excluding carboxylic acids is 3. The maximum Gasteiger partial charge on any atom is 0.357 e. The molecule has 7 heteroatoms. The van der Waals surface area contributed by atoms with Gasteiger partial charge in [-0.15, -0.1) is 0 Å². The van der Waals surface area contributed by atoms with Gasteiger partial charge in [-0.05, 0) is 61.7 Å². The molecule has 33 heavy (non-hydrogen) atoms. The van der Waals surface area contributed by atoms with Crippen molar-refractivity contribution in [1.29, 1.82) is 0 Å². The number of aliphatic imine (C=N–C) groups is 1. The standard InChI is InChI=1S/C26H31NO6/c1-14-10-16-17-5-8-26(32,21(30)13-33-23(31)19-6-9-27-19)25(17,3)12-20(29)22(16)24(2)7-4-15(28)11-18(14)24/h4,6-7,9,11,14,16-17,20,22,29,32H,5,8,10,12-13H2,1-3H3/t14?,16-,17-,20?,22+,24-,25-,26-/m0/s1. The fourth-order valence-corrected chi connectivity index (χ4v) is 7.81. The maximum atomic E-state index is 13.2. The van der Waals surface area contributed by atoms with Crippen molar-refractivity contribution < 1.29 is 29.3 Å². The molecule has 0 aromatic heterocycles. The predicted octanol–water partition coefficient (Wildman–Crippen LogP) is 2.32. The Balaban J connectivity index is 1.42. The van der Waals surface area contributed by atoms with E-state index in [4.69, 9.17) is 4.74 Å². The van der Waals surface area contributed by atoms with Crippen molar-refractivity contribution in [3.05, 3.63) is 36.1 Å². The Morgan fingerprint density at radius 3 is 2.67 bits per heavy atom. The molecule has 176 valence electrons. The van der Waals surface area contributed by atoms with Crippen LogP contribution in [0.2, 0.25) is 0 Å². The van der Waals surface area contributed by atoms with Gasteiger partial charge in [0.15, 0.2) is 12.4 Å². The number of nitrogens with zero attached hydrogens (tertiary/aromatic N) is 1. The highest BCUT2D eigenvalue weighted by atomic mass is 16.5. The quantitative estimate of drug-likeness (QED) is 0.632. The van der Waals surface area contributed by atoms with E-state index in [0.717, 1.165) is 12.0 Å². The summed E-state index contributed by atoms with van der Waals surface area (Å²) in [6.45, 7) is 5.61. The van der Waals surface area contributed by atoms with E-state index < -0.39 is 40.9 Å². The van der Waals surface area contributed by atoms with E-state index in [9.17, 15) is 24.6 Å². The fraction of sp³-hybridized carbons (Fsp3) is 0.615. The Morgan fingerprint density at radius 2 is 2.00 bits per heavy atom. The summed E-state index contributed by atoms with van der Waals surface area (Å²) in [5.41, 5.74) is -1.68. The van der Waals surface area contributed by atoms with E-state index >= 15 is 0 Å². The number of aliphatic hydroxyl groups is 2. The van der Waals surface area contributed by atoms with Crippen LogP contribution < -0.4 is 0 Å². The van der Waals surface area contributed by atoms with Crippen LogP contribution in [-0.4, -0.2) is 51.8 Å². The molecule has 5 aliphatic rings. The first-order valence-electron chi connectivity index (χ1n) is 11.8. The minimum Gasteiger partial charge on any atom is -0.453 e. The van der Waals surface area contributed by atoms with Crippen LogP contribution >= 0.6 is 0 Å². The van der Waals surface area contributed by atoms with E-state index in [0.29, 0.717) is 6.42 Å². The number of aliphatic hydroxyl groups excluding tert-OH is 1. The van der Waals surface area contributed by atoms with Crippen molar-refractivity contribution in [2.75, 3.05) is 6.61 Å². The predicted molar refractivity (Wildman–Crippen MR) is 120 cm³/mol. The summed E-state index contributed by atoms with van der Waals surface area (Å²) in [7, 11) is 0. The van der Waals surface area contributed by atoms with Gasteiger partial charge in [0.1, 0.15) is 11.3 Å². The molecule has 3 saturated carbocycles. The molecule has 0 aromatic rings. The number of carbonyl (C=O) groups is 3. The van der Waals surface area contributed by atoms with E-state index in [1.807, 2.05) is 13.0 Å². The highest BCUT2D eigenvalue weighted by Gasteiger charge is 2.68. The van der Waals surface area contributed by atoms with Gasteiger partial charge in [-0.3, -0.25) is 9.59 Å². The molecule has 8 atom stereocenters. The lowest BCUT2D eigenvalue weighted by Gasteiger charge is -2.60. The molecule has 4 aliphatic carbocycles. The third-order valence-corrected chi connectivity index (χ3v) is 9.42. The lowest BCUT2D eigenvalue weighted by atomic mass is 9.45. The Morgan fingerprint density at radius 1 is 1.27 bits per heavy atom. The van der Waals surface area contributed by atoms with Gasteiger partial charge in [0.05, 0.1) is 6.10 Å². The monoisotopic (exact) mass is 453 g/mol. The third-order valence-electron chi connectivity index (χ3n) is 9.42. The van der Waals surface area contributed by atoms with E-state index in [1.54, 1.807) is 12.2 Å². The van der Waals surface area contributed by atoms with Crippen LogP contribution in [0.5, 0.6) is 0 Å². The van der Waals surface area contributed by atoms with Gasteiger partial charge in [-0.1, -0.05) is 32.4 Å². The molecule has 0 aromatic carbocycles. The first-order valence-corrected chi connectivity index (χ1v) is 11.8. The zero-order valence-corrected chi connectivity index (χ0v) is 19.3. The summed E-state index contributed by atoms with van der Waals surface area (Å²) in [4.78, 5) is 41.0. The lowest BCUT2D eigenvalue weighted by molar-refractivity contribution is -0.182. The Hall–Kier alpha value is -2.38. The van der Waals surface area contributed by atoms with Crippen LogP contribution in [-0.2, 0) is 19.1 Å². The highest BCUT2D eigenvalue weighted by molar-refractivity contribution is 6.43. The Labute approximate surface area is 193 Å². The van der Waals surface area contributed by atoms with Gasteiger partial charge >= 0.3 is 5.97 Å². The van der Waals surface area contributed by atoms with Gasteiger partial charge < -0.3 is 14.9 Å². The second-order valence-corrected chi connectivity index (χ2v) is 11.0. The van der Waals surface area contributed by atoms with Crippen LogP contribution in [0.15, 0.2) is 41.1 Å². The molecule has 0 saturated heterocycles. The molecule has 2 unspecified atom stereocenters. The van der Waals surface area contributed by atoms with E-state index in [2.05, 4.69) is 18.8 Å². The molecule has 7 nitrogen and oxygen atoms in total. The number of hydrogen-bond donors (Lipinski definition) is 2. The lowest BCUT2D eigenvalue weighted by Crippen LogP contribution is -2.62. The number of Topliss-reactive ketones (excluding diaryl/α,β-unsaturated/α-hetero) is 1. The van der Waals surface area contributed by atoms with Crippen LogP contribution in [0.25, 0.3) is 0 Å². The normalized spacial score (nSPS) is 45.2. The summed E-state index contributed by atoms with van der Waals surface area (Å²) in [6.07, 6.45) is 9.56. The minimum atomic E-state index is -1.67. The molecule has 3 fully saturated rings. The summed E-state index contributed by atoms with van der Waals surface area (Å²) < 4.78 is 5.12. The van der Waals surface area contributed by atoms with E-state index in [-0.39, 0.29) is 48.0 Å². The summed E-state index contributed by atoms with van der Waals surface area (Å²) in [5, 5.41) is 23.1. The summed E-state index contributed by atoms with van der Waals surface area (Å²) in [5.74, 6) is -0.975. The van der Waals surface area contributed by atoms with Gasteiger partial charge in [0.2, 0.25) is 5.78 Å². The molecule has 2 N–H and O–H groups in total. The average Bonchev–Trinajstić information content (AvgIpc) is 2.97. The molecule has 5 rings (SSSR count). The molecule has 0 bridgehead atoms. The van der Waals surface area contributed by atoms with Gasteiger partial charge in [0, 0.05) is 22.9 Å². The van der Waals surface area contributed by atoms with Crippen molar-refractivity contribution in [2.45, 2.75) is 58.2 Å². The summed E-state index contributed by atoms with van der Waals surface area (Å²) in [6, 6.07) is 0. The number of rotatable bonds is 4. The molecule has 0 radical (unpaired) electrons.